The number of amides is 1. The Balaban J connectivity index is 0.00000225. The van der Waals surface area contributed by atoms with E-state index >= 15 is 0 Å². The van der Waals surface area contributed by atoms with Crippen LogP contribution < -0.4 is 0 Å². The van der Waals surface area contributed by atoms with E-state index in [1.807, 2.05) is 48.3 Å². The first-order valence-electron chi connectivity index (χ1n) is 8.81. The molecule has 1 amide bonds. The third kappa shape index (κ3) is 5.32. The normalized spacial score (nSPS) is 15.4. The van der Waals surface area contributed by atoms with Gasteiger partial charge in [-0.25, -0.2) is 0 Å². The summed E-state index contributed by atoms with van der Waals surface area (Å²) in [5, 5.41) is 0. The lowest BCUT2D eigenvalue weighted by Gasteiger charge is -2.32. The molecule has 25 heavy (non-hydrogen) atoms. The molecule has 0 saturated carbocycles. The van der Waals surface area contributed by atoms with Crippen molar-refractivity contribution in [2.45, 2.75) is 25.3 Å². The summed E-state index contributed by atoms with van der Waals surface area (Å²) in [5.41, 5.74) is 2.29. The van der Waals surface area contributed by atoms with Crippen molar-refractivity contribution in [3.63, 3.8) is 0 Å². The fraction of sp³-hybridized carbons (Fsp3) is 0.381. The summed E-state index contributed by atoms with van der Waals surface area (Å²) in [4.78, 5) is 17.2. The second-order valence-electron chi connectivity index (χ2n) is 6.60. The molecular formula is C21H27ClN2O. The van der Waals surface area contributed by atoms with Gasteiger partial charge in [0.15, 0.2) is 0 Å². The number of carbonyl (C=O) groups excluding carboxylic acids is 1. The van der Waals surface area contributed by atoms with Gasteiger partial charge in [0.05, 0.1) is 12.5 Å². The smallest absolute Gasteiger partial charge is 0.227 e. The highest BCUT2D eigenvalue weighted by Crippen LogP contribution is 2.23. The lowest BCUT2D eigenvalue weighted by atomic mass is 10.0. The zero-order valence-electron chi connectivity index (χ0n) is 14.8. The van der Waals surface area contributed by atoms with Crippen LogP contribution in [-0.2, 0) is 11.2 Å². The summed E-state index contributed by atoms with van der Waals surface area (Å²) in [5.74, 6) is 0.175. The van der Waals surface area contributed by atoms with Gasteiger partial charge in [-0.3, -0.25) is 4.79 Å². The van der Waals surface area contributed by atoms with E-state index < -0.39 is 0 Å². The van der Waals surface area contributed by atoms with Crippen molar-refractivity contribution >= 4 is 18.3 Å². The van der Waals surface area contributed by atoms with Gasteiger partial charge < -0.3 is 9.80 Å². The van der Waals surface area contributed by atoms with E-state index in [1.54, 1.807) is 0 Å². The predicted octanol–water partition coefficient (Wildman–Crippen LogP) is 3.95. The molecule has 1 saturated heterocycles. The van der Waals surface area contributed by atoms with Crippen LogP contribution in [0.15, 0.2) is 60.7 Å². The number of hydrogen-bond acceptors (Lipinski definition) is 2. The number of nitrogens with zero attached hydrogens (tertiary/aromatic N) is 2. The Labute approximate surface area is 157 Å². The van der Waals surface area contributed by atoms with E-state index in [1.165, 1.54) is 18.4 Å². The Morgan fingerprint density at radius 1 is 1.00 bits per heavy atom. The average molecular weight is 359 g/mol. The van der Waals surface area contributed by atoms with E-state index in [0.29, 0.717) is 6.42 Å². The maximum Gasteiger partial charge on any atom is 0.227 e. The summed E-state index contributed by atoms with van der Waals surface area (Å²) < 4.78 is 0. The number of halogens is 1. The molecule has 3 rings (SSSR count). The van der Waals surface area contributed by atoms with Crippen LogP contribution in [0.4, 0.5) is 0 Å². The van der Waals surface area contributed by atoms with Gasteiger partial charge in [0, 0.05) is 13.6 Å². The molecule has 0 spiro atoms. The van der Waals surface area contributed by atoms with Crippen LogP contribution in [0, 0.1) is 0 Å². The van der Waals surface area contributed by atoms with Crippen LogP contribution >= 0.6 is 12.4 Å². The molecule has 0 bridgehead atoms. The third-order valence-electron chi connectivity index (χ3n) is 4.87. The highest BCUT2D eigenvalue weighted by atomic mass is 35.5. The van der Waals surface area contributed by atoms with Crippen LogP contribution in [0.5, 0.6) is 0 Å². The van der Waals surface area contributed by atoms with Crippen molar-refractivity contribution in [2.75, 3.05) is 26.7 Å². The molecule has 3 nitrogen and oxygen atoms in total. The monoisotopic (exact) mass is 358 g/mol. The van der Waals surface area contributed by atoms with Crippen molar-refractivity contribution < 1.29 is 4.79 Å². The lowest BCUT2D eigenvalue weighted by Crippen LogP contribution is -2.39. The summed E-state index contributed by atoms with van der Waals surface area (Å²) >= 11 is 0. The van der Waals surface area contributed by atoms with Gasteiger partial charge in [-0.05, 0) is 37.1 Å². The quantitative estimate of drug-likeness (QED) is 0.780. The molecule has 1 heterocycles. The van der Waals surface area contributed by atoms with Crippen LogP contribution in [0.3, 0.4) is 0 Å². The SMILES string of the molecule is CN(C(=O)Cc1ccccc1)C(CN1CCCC1)c1ccccc1.Cl. The van der Waals surface area contributed by atoms with Crippen LogP contribution in [0.25, 0.3) is 0 Å². The molecule has 1 fully saturated rings. The van der Waals surface area contributed by atoms with Crippen LogP contribution in [0.1, 0.15) is 30.0 Å². The van der Waals surface area contributed by atoms with Gasteiger partial charge in [0.25, 0.3) is 0 Å². The molecule has 0 aromatic heterocycles. The summed E-state index contributed by atoms with van der Waals surface area (Å²) in [6.07, 6.45) is 2.99. The minimum Gasteiger partial charge on any atom is -0.337 e. The zero-order chi connectivity index (χ0) is 16.8. The molecule has 0 aliphatic carbocycles. The van der Waals surface area contributed by atoms with Gasteiger partial charge in [0.1, 0.15) is 0 Å². The predicted molar refractivity (Wildman–Crippen MR) is 105 cm³/mol. The largest absolute Gasteiger partial charge is 0.337 e. The van der Waals surface area contributed by atoms with Gasteiger partial charge in [-0.1, -0.05) is 60.7 Å². The highest BCUT2D eigenvalue weighted by molar-refractivity contribution is 5.85. The summed E-state index contributed by atoms with van der Waals surface area (Å²) in [6, 6.07) is 20.5. The minimum absolute atomic E-state index is 0. The number of rotatable bonds is 6. The first kappa shape index (κ1) is 19.5. The molecule has 1 atom stereocenters. The molecule has 1 aliphatic heterocycles. The van der Waals surface area contributed by atoms with Crippen molar-refractivity contribution in [3.05, 3.63) is 71.8 Å². The number of hydrogen-bond donors (Lipinski definition) is 0. The molecule has 2 aromatic carbocycles. The maximum atomic E-state index is 12.8. The molecule has 134 valence electrons. The highest BCUT2D eigenvalue weighted by Gasteiger charge is 2.25. The van der Waals surface area contributed by atoms with E-state index in [-0.39, 0.29) is 24.4 Å². The Morgan fingerprint density at radius 2 is 1.56 bits per heavy atom. The Hall–Kier alpha value is -1.84. The van der Waals surface area contributed by atoms with Crippen molar-refractivity contribution in [1.82, 2.24) is 9.80 Å². The Kier molecular flexibility index (Phi) is 7.48. The standard InChI is InChI=1S/C21H26N2O.ClH/c1-22(21(24)16-18-10-4-2-5-11-18)20(17-23-14-8-9-15-23)19-12-6-3-7-13-19;/h2-7,10-13,20H,8-9,14-17H2,1H3;1H. The fourth-order valence-electron chi connectivity index (χ4n) is 3.41. The Morgan fingerprint density at radius 3 is 2.16 bits per heavy atom. The van der Waals surface area contributed by atoms with E-state index in [2.05, 4.69) is 29.2 Å². The van der Waals surface area contributed by atoms with E-state index in [4.69, 9.17) is 0 Å². The number of likely N-dealkylation sites (tertiary alicyclic amines) is 1. The summed E-state index contributed by atoms with van der Waals surface area (Å²) in [7, 11) is 1.94. The molecule has 0 radical (unpaired) electrons. The molecule has 1 unspecified atom stereocenters. The first-order chi connectivity index (χ1) is 11.7. The molecular weight excluding hydrogens is 332 g/mol. The molecule has 1 aliphatic rings. The second kappa shape index (κ2) is 9.59. The third-order valence-corrected chi connectivity index (χ3v) is 4.87. The number of likely N-dealkylation sites (N-methyl/N-ethyl adjacent to an activating group) is 1. The zero-order valence-corrected chi connectivity index (χ0v) is 15.6. The molecule has 2 aromatic rings. The Bertz CT molecular complexity index is 641. The molecule has 4 heteroatoms. The van der Waals surface area contributed by atoms with E-state index in [0.717, 1.165) is 25.2 Å². The average Bonchev–Trinajstić information content (AvgIpc) is 3.14. The van der Waals surface area contributed by atoms with Crippen molar-refractivity contribution in [3.8, 4) is 0 Å². The summed E-state index contributed by atoms with van der Waals surface area (Å²) in [6.45, 7) is 3.20. The topological polar surface area (TPSA) is 23.6 Å². The second-order valence-corrected chi connectivity index (χ2v) is 6.60. The van der Waals surface area contributed by atoms with Gasteiger partial charge in [-0.15, -0.1) is 12.4 Å². The van der Waals surface area contributed by atoms with E-state index in [9.17, 15) is 4.79 Å². The van der Waals surface area contributed by atoms with Gasteiger partial charge in [-0.2, -0.15) is 0 Å². The van der Waals surface area contributed by atoms with Gasteiger partial charge in [0.2, 0.25) is 5.91 Å². The lowest BCUT2D eigenvalue weighted by molar-refractivity contribution is -0.131. The van der Waals surface area contributed by atoms with Crippen molar-refractivity contribution in [1.29, 1.82) is 0 Å². The van der Waals surface area contributed by atoms with Crippen molar-refractivity contribution in [2.24, 2.45) is 0 Å². The minimum atomic E-state index is 0. The number of benzene rings is 2. The maximum absolute atomic E-state index is 12.8. The molecule has 0 N–H and O–H groups in total. The fourth-order valence-corrected chi connectivity index (χ4v) is 3.41. The van der Waals surface area contributed by atoms with Crippen LogP contribution in [-0.4, -0.2) is 42.4 Å². The van der Waals surface area contributed by atoms with Gasteiger partial charge >= 0.3 is 0 Å². The number of carbonyl (C=O) groups is 1. The van der Waals surface area contributed by atoms with Crippen LogP contribution in [0.2, 0.25) is 0 Å². The first-order valence-corrected chi connectivity index (χ1v) is 8.81.